The summed E-state index contributed by atoms with van der Waals surface area (Å²) < 4.78 is 5.28. The van der Waals surface area contributed by atoms with Gasteiger partial charge in [0, 0.05) is 12.5 Å². The van der Waals surface area contributed by atoms with Gasteiger partial charge >= 0.3 is 12.1 Å². The SMILES string of the molecule is CC[C@H](C)[C@H](NC(=O)OC(C)(C)C)C(=O)NCC1CCC(C(=O)N[C@@H](C(=O)O)[C@H](C)O)CC1. The largest absolute Gasteiger partial charge is 0.480 e. The summed E-state index contributed by atoms with van der Waals surface area (Å²) >= 11 is 0. The molecular weight excluding hydrogens is 430 g/mol. The van der Waals surface area contributed by atoms with Crippen LogP contribution < -0.4 is 16.0 Å². The van der Waals surface area contributed by atoms with Crippen molar-refractivity contribution in [2.75, 3.05) is 6.54 Å². The molecular formula is C23H41N3O7. The minimum Gasteiger partial charge on any atom is -0.480 e. The summed E-state index contributed by atoms with van der Waals surface area (Å²) in [6, 6.07) is -2.04. The molecule has 190 valence electrons. The highest BCUT2D eigenvalue weighted by molar-refractivity contribution is 5.86. The summed E-state index contributed by atoms with van der Waals surface area (Å²) in [5, 5.41) is 26.7. The van der Waals surface area contributed by atoms with E-state index in [1.807, 2.05) is 13.8 Å². The zero-order chi connectivity index (χ0) is 25.3. The third kappa shape index (κ3) is 9.98. The van der Waals surface area contributed by atoms with Gasteiger partial charge in [0.05, 0.1) is 6.10 Å². The van der Waals surface area contributed by atoms with Crippen LogP contribution in [0.1, 0.15) is 73.6 Å². The van der Waals surface area contributed by atoms with Crippen LogP contribution in [0.15, 0.2) is 0 Å². The second kappa shape index (κ2) is 12.8. The van der Waals surface area contributed by atoms with Crippen LogP contribution in [-0.4, -0.2) is 64.4 Å². The van der Waals surface area contributed by atoms with Gasteiger partial charge in [-0.1, -0.05) is 20.3 Å². The maximum Gasteiger partial charge on any atom is 0.408 e. The van der Waals surface area contributed by atoms with Crippen LogP contribution in [0.5, 0.6) is 0 Å². The van der Waals surface area contributed by atoms with E-state index in [1.165, 1.54) is 6.92 Å². The van der Waals surface area contributed by atoms with E-state index >= 15 is 0 Å². The Balaban J connectivity index is 2.55. The minimum atomic E-state index is -1.33. The number of aliphatic hydroxyl groups is 1. The molecule has 0 aromatic carbocycles. The Labute approximate surface area is 196 Å². The first-order valence-electron chi connectivity index (χ1n) is 11.7. The maximum atomic E-state index is 12.8. The van der Waals surface area contributed by atoms with Gasteiger partial charge in [-0.3, -0.25) is 9.59 Å². The number of hydrogen-bond donors (Lipinski definition) is 5. The van der Waals surface area contributed by atoms with Crippen molar-refractivity contribution >= 4 is 23.9 Å². The molecule has 1 rings (SSSR count). The van der Waals surface area contributed by atoms with Crippen LogP contribution in [0.4, 0.5) is 4.79 Å². The predicted octanol–water partition coefficient (Wildman–Crippen LogP) is 1.80. The molecule has 1 aliphatic rings. The lowest BCUT2D eigenvalue weighted by Crippen LogP contribution is -2.52. The lowest BCUT2D eigenvalue weighted by atomic mass is 9.81. The molecule has 1 aliphatic carbocycles. The number of carboxylic acids is 1. The first-order valence-corrected chi connectivity index (χ1v) is 11.7. The van der Waals surface area contributed by atoms with Crippen molar-refractivity contribution in [3.8, 4) is 0 Å². The zero-order valence-corrected chi connectivity index (χ0v) is 20.6. The molecule has 0 aromatic heterocycles. The lowest BCUT2D eigenvalue weighted by Gasteiger charge is -2.30. The first kappa shape index (κ1) is 28.7. The highest BCUT2D eigenvalue weighted by Gasteiger charge is 2.32. The normalized spacial score (nSPS) is 22.3. The topological polar surface area (TPSA) is 154 Å². The molecule has 10 heteroatoms. The molecule has 33 heavy (non-hydrogen) atoms. The fraction of sp³-hybridized carbons (Fsp3) is 0.826. The molecule has 0 spiro atoms. The smallest absolute Gasteiger partial charge is 0.408 e. The van der Waals surface area contributed by atoms with Crippen molar-refractivity contribution in [3.63, 3.8) is 0 Å². The molecule has 0 aliphatic heterocycles. The summed E-state index contributed by atoms with van der Waals surface area (Å²) in [5.74, 6) is -2.12. The van der Waals surface area contributed by atoms with E-state index in [9.17, 15) is 24.3 Å². The number of hydrogen-bond acceptors (Lipinski definition) is 6. The van der Waals surface area contributed by atoms with Gasteiger partial charge in [0.1, 0.15) is 11.6 Å². The Kier molecular flexibility index (Phi) is 11.1. The zero-order valence-electron chi connectivity index (χ0n) is 20.6. The maximum absolute atomic E-state index is 12.8. The van der Waals surface area contributed by atoms with Gasteiger partial charge in [0.2, 0.25) is 11.8 Å². The number of carbonyl (C=O) groups excluding carboxylic acids is 3. The van der Waals surface area contributed by atoms with E-state index in [0.717, 1.165) is 0 Å². The molecule has 1 saturated carbocycles. The van der Waals surface area contributed by atoms with Crippen molar-refractivity contribution in [2.45, 2.75) is 97.4 Å². The monoisotopic (exact) mass is 471 g/mol. The van der Waals surface area contributed by atoms with E-state index in [-0.39, 0.29) is 29.6 Å². The number of carboxylic acid groups (broad SMARTS) is 1. The quantitative estimate of drug-likeness (QED) is 0.325. The highest BCUT2D eigenvalue weighted by Crippen LogP contribution is 2.28. The molecule has 0 radical (unpaired) electrons. The number of aliphatic carboxylic acids is 1. The third-order valence-electron chi connectivity index (χ3n) is 6.00. The van der Waals surface area contributed by atoms with Gasteiger partial charge in [-0.25, -0.2) is 9.59 Å². The summed E-state index contributed by atoms with van der Waals surface area (Å²) in [4.78, 5) is 48.5. The second-order valence-corrected chi connectivity index (χ2v) is 10.0. The van der Waals surface area contributed by atoms with Crippen molar-refractivity contribution < 1.29 is 34.1 Å². The number of nitrogens with one attached hydrogen (secondary N) is 3. The Hall–Kier alpha value is -2.36. The number of amides is 3. The first-order chi connectivity index (χ1) is 15.2. The average Bonchev–Trinajstić information content (AvgIpc) is 2.72. The Morgan fingerprint density at radius 1 is 1.00 bits per heavy atom. The van der Waals surface area contributed by atoms with Crippen LogP contribution in [0.2, 0.25) is 0 Å². The van der Waals surface area contributed by atoms with Crippen molar-refractivity contribution in [3.05, 3.63) is 0 Å². The molecule has 0 bridgehead atoms. The summed E-state index contributed by atoms with van der Waals surface area (Å²) in [7, 11) is 0. The van der Waals surface area contributed by atoms with Gasteiger partial charge in [-0.15, -0.1) is 0 Å². The summed E-state index contributed by atoms with van der Waals surface area (Å²) in [6.45, 7) is 10.9. The lowest BCUT2D eigenvalue weighted by molar-refractivity contribution is -0.145. The molecule has 4 atom stereocenters. The molecule has 0 saturated heterocycles. The number of ether oxygens (including phenoxy) is 1. The Morgan fingerprint density at radius 2 is 1.58 bits per heavy atom. The number of carbonyl (C=O) groups is 4. The average molecular weight is 472 g/mol. The third-order valence-corrected chi connectivity index (χ3v) is 6.00. The van der Waals surface area contributed by atoms with Gasteiger partial charge in [0.15, 0.2) is 6.04 Å². The number of alkyl carbamates (subject to hydrolysis) is 1. The second-order valence-electron chi connectivity index (χ2n) is 10.0. The van der Waals surface area contributed by atoms with E-state index in [4.69, 9.17) is 9.84 Å². The summed E-state index contributed by atoms with van der Waals surface area (Å²) in [5.41, 5.74) is -0.662. The van der Waals surface area contributed by atoms with Crippen molar-refractivity contribution in [1.82, 2.24) is 16.0 Å². The number of rotatable bonds is 10. The van der Waals surface area contributed by atoms with Crippen LogP contribution in [0.25, 0.3) is 0 Å². The molecule has 5 N–H and O–H groups in total. The van der Waals surface area contributed by atoms with Crippen molar-refractivity contribution in [1.29, 1.82) is 0 Å². The molecule has 0 heterocycles. The van der Waals surface area contributed by atoms with Gasteiger partial charge in [0.25, 0.3) is 0 Å². The fourth-order valence-corrected chi connectivity index (χ4v) is 3.78. The predicted molar refractivity (Wildman–Crippen MR) is 122 cm³/mol. The summed E-state index contributed by atoms with van der Waals surface area (Å²) in [6.07, 6.45) is 1.44. The van der Waals surface area contributed by atoms with Gasteiger partial charge in [-0.05, 0) is 65.2 Å². The highest BCUT2D eigenvalue weighted by atomic mass is 16.6. The van der Waals surface area contributed by atoms with Gasteiger partial charge < -0.3 is 30.9 Å². The Morgan fingerprint density at radius 3 is 2.03 bits per heavy atom. The fourth-order valence-electron chi connectivity index (χ4n) is 3.78. The van der Waals surface area contributed by atoms with E-state index in [0.29, 0.717) is 38.6 Å². The Bertz CT molecular complexity index is 682. The molecule has 1 fully saturated rings. The molecule has 10 nitrogen and oxygen atoms in total. The number of aliphatic hydroxyl groups excluding tert-OH is 1. The minimum absolute atomic E-state index is 0.0759. The van der Waals surface area contributed by atoms with Crippen LogP contribution in [0.3, 0.4) is 0 Å². The van der Waals surface area contributed by atoms with Crippen LogP contribution in [-0.2, 0) is 19.1 Å². The molecule has 0 unspecified atom stereocenters. The van der Waals surface area contributed by atoms with Crippen LogP contribution >= 0.6 is 0 Å². The van der Waals surface area contributed by atoms with Gasteiger partial charge in [-0.2, -0.15) is 0 Å². The standard InChI is InChI=1S/C23H41N3O7/c1-7-13(2)17(26-22(32)33-23(4,5)6)20(29)24-12-15-8-10-16(11-9-15)19(28)25-18(14(3)27)21(30)31/h13-18,27H,7-12H2,1-6H3,(H,24,29)(H,25,28)(H,26,32)(H,30,31)/t13-,14-,15?,16?,17-,18+/m0/s1. The molecule has 3 amide bonds. The van der Waals surface area contributed by atoms with E-state index < -0.39 is 35.9 Å². The van der Waals surface area contributed by atoms with Crippen LogP contribution in [0, 0.1) is 17.8 Å². The van der Waals surface area contributed by atoms with E-state index in [1.54, 1.807) is 20.8 Å². The molecule has 0 aromatic rings. The van der Waals surface area contributed by atoms with E-state index in [2.05, 4.69) is 16.0 Å². The van der Waals surface area contributed by atoms with Crippen molar-refractivity contribution in [2.24, 2.45) is 17.8 Å².